The van der Waals surface area contributed by atoms with Crippen molar-refractivity contribution in [3.05, 3.63) is 60.7 Å². The fourth-order valence-corrected chi connectivity index (χ4v) is 2.75. The molecule has 2 amide bonds. The third-order valence-electron chi connectivity index (χ3n) is 3.96. The maximum atomic E-state index is 13.1. The van der Waals surface area contributed by atoms with Crippen molar-refractivity contribution in [3.8, 4) is 0 Å². The fraction of sp³-hybridized carbons (Fsp3) is 0.222. The number of urea groups is 1. The first-order valence-corrected chi connectivity index (χ1v) is 7.82. The standard InChI is InChI=1S/C18H19N3O3/c22-17(23)16-13-20(12-11-19-16)18(24)21(14-7-3-1-4-8-14)15-9-5-2-6-10-15/h1-10,16,19H,11-13H2,(H,22,23). The van der Waals surface area contributed by atoms with Gasteiger partial charge in [-0.15, -0.1) is 0 Å². The van der Waals surface area contributed by atoms with E-state index in [9.17, 15) is 14.7 Å². The number of nitrogens with zero attached hydrogens (tertiary/aromatic N) is 2. The third-order valence-corrected chi connectivity index (χ3v) is 3.96. The Kier molecular flexibility index (Phi) is 4.77. The molecule has 0 aliphatic carbocycles. The number of carboxylic acids is 1. The summed E-state index contributed by atoms with van der Waals surface area (Å²) in [5.74, 6) is -0.946. The molecule has 124 valence electrons. The van der Waals surface area contributed by atoms with Gasteiger partial charge in [0.25, 0.3) is 0 Å². The van der Waals surface area contributed by atoms with Crippen molar-refractivity contribution in [2.75, 3.05) is 24.5 Å². The lowest BCUT2D eigenvalue weighted by Crippen LogP contribution is -2.57. The van der Waals surface area contributed by atoms with E-state index in [0.29, 0.717) is 13.1 Å². The number of benzene rings is 2. The molecule has 1 fully saturated rings. The molecular formula is C18H19N3O3. The van der Waals surface area contributed by atoms with Crippen LogP contribution in [0.3, 0.4) is 0 Å². The molecule has 0 bridgehead atoms. The van der Waals surface area contributed by atoms with E-state index in [2.05, 4.69) is 5.32 Å². The summed E-state index contributed by atoms with van der Waals surface area (Å²) in [7, 11) is 0. The van der Waals surface area contributed by atoms with Gasteiger partial charge >= 0.3 is 12.0 Å². The molecule has 2 aromatic rings. The zero-order chi connectivity index (χ0) is 16.9. The van der Waals surface area contributed by atoms with Crippen LogP contribution in [0.5, 0.6) is 0 Å². The summed E-state index contributed by atoms with van der Waals surface area (Å²) in [5, 5.41) is 12.1. The molecule has 6 heteroatoms. The Morgan fingerprint density at radius 3 is 2.04 bits per heavy atom. The Morgan fingerprint density at radius 1 is 1.00 bits per heavy atom. The molecule has 6 nitrogen and oxygen atoms in total. The number of rotatable bonds is 3. The van der Waals surface area contributed by atoms with Gasteiger partial charge in [-0.3, -0.25) is 9.69 Å². The minimum Gasteiger partial charge on any atom is -0.480 e. The van der Waals surface area contributed by atoms with Crippen molar-refractivity contribution in [1.29, 1.82) is 0 Å². The molecule has 1 unspecified atom stereocenters. The summed E-state index contributed by atoms with van der Waals surface area (Å²) < 4.78 is 0. The highest BCUT2D eigenvalue weighted by Gasteiger charge is 2.31. The lowest BCUT2D eigenvalue weighted by molar-refractivity contribution is -0.140. The summed E-state index contributed by atoms with van der Waals surface area (Å²) in [4.78, 5) is 27.5. The Balaban J connectivity index is 1.91. The normalized spacial score (nSPS) is 17.3. The molecule has 1 heterocycles. The minimum atomic E-state index is -0.946. The van der Waals surface area contributed by atoms with Crippen LogP contribution in [0, 0.1) is 0 Å². The van der Waals surface area contributed by atoms with Gasteiger partial charge in [0.1, 0.15) is 6.04 Å². The SMILES string of the molecule is O=C(O)C1CN(C(=O)N(c2ccccc2)c2ccccc2)CCN1. The average Bonchev–Trinajstić information content (AvgIpc) is 2.64. The van der Waals surface area contributed by atoms with Crippen molar-refractivity contribution < 1.29 is 14.7 Å². The van der Waals surface area contributed by atoms with Crippen LogP contribution < -0.4 is 10.2 Å². The van der Waals surface area contributed by atoms with Crippen LogP contribution in [-0.2, 0) is 4.79 Å². The number of anilines is 2. The molecule has 1 aliphatic rings. The van der Waals surface area contributed by atoms with Gasteiger partial charge in [0.15, 0.2) is 0 Å². The van der Waals surface area contributed by atoms with Gasteiger partial charge in [-0.1, -0.05) is 36.4 Å². The van der Waals surface area contributed by atoms with Gasteiger partial charge in [-0.25, -0.2) is 4.79 Å². The number of hydrogen-bond donors (Lipinski definition) is 2. The van der Waals surface area contributed by atoms with Gasteiger partial charge in [0, 0.05) is 19.6 Å². The first-order valence-electron chi connectivity index (χ1n) is 7.82. The summed E-state index contributed by atoms with van der Waals surface area (Å²) >= 11 is 0. The highest BCUT2D eigenvalue weighted by Crippen LogP contribution is 2.26. The number of amides is 2. The van der Waals surface area contributed by atoms with Crippen LogP contribution in [0.2, 0.25) is 0 Å². The third kappa shape index (κ3) is 3.38. The second-order valence-corrected chi connectivity index (χ2v) is 5.58. The molecule has 0 aromatic heterocycles. The number of carbonyl (C=O) groups excluding carboxylic acids is 1. The van der Waals surface area contributed by atoms with E-state index in [-0.39, 0.29) is 12.6 Å². The first-order chi connectivity index (χ1) is 11.7. The minimum absolute atomic E-state index is 0.143. The Bertz CT molecular complexity index is 666. The molecule has 2 aromatic carbocycles. The number of aliphatic carboxylic acids is 1. The van der Waals surface area contributed by atoms with Crippen molar-refractivity contribution in [1.82, 2.24) is 10.2 Å². The van der Waals surface area contributed by atoms with Crippen molar-refractivity contribution >= 4 is 23.4 Å². The molecule has 0 spiro atoms. The van der Waals surface area contributed by atoms with Crippen LogP contribution >= 0.6 is 0 Å². The quantitative estimate of drug-likeness (QED) is 0.908. The van der Waals surface area contributed by atoms with Crippen LogP contribution in [0.25, 0.3) is 0 Å². The summed E-state index contributed by atoms with van der Waals surface area (Å²) in [6.07, 6.45) is 0. The Morgan fingerprint density at radius 2 is 1.54 bits per heavy atom. The number of hydrogen-bond acceptors (Lipinski definition) is 3. The van der Waals surface area contributed by atoms with Crippen molar-refractivity contribution in [3.63, 3.8) is 0 Å². The Hall–Kier alpha value is -2.86. The molecule has 24 heavy (non-hydrogen) atoms. The second-order valence-electron chi connectivity index (χ2n) is 5.58. The Labute approximate surface area is 140 Å². The molecule has 1 saturated heterocycles. The zero-order valence-electron chi connectivity index (χ0n) is 13.1. The van der Waals surface area contributed by atoms with E-state index in [1.807, 2.05) is 60.7 Å². The molecule has 1 atom stereocenters. The van der Waals surface area contributed by atoms with Gasteiger partial charge in [-0.05, 0) is 24.3 Å². The van der Waals surface area contributed by atoms with E-state index >= 15 is 0 Å². The number of piperazine rings is 1. The van der Waals surface area contributed by atoms with E-state index in [1.165, 1.54) is 0 Å². The summed E-state index contributed by atoms with van der Waals surface area (Å²) in [5.41, 5.74) is 1.50. The topological polar surface area (TPSA) is 72.9 Å². The monoisotopic (exact) mass is 325 g/mol. The van der Waals surface area contributed by atoms with E-state index < -0.39 is 12.0 Å². The first kappa shape index (κ1) is 16.0. The van der Waals surface area contributed by atoms with Gasteiger partial charge in [0.05, 0.1) is 11.4 Å². The number of carbonyl (C=O) groups is 2. The average molecular weight is 325 g/mol. The van der Waals surface area contributed by atoms with Gasteiger partial charge in [0.2, 0.25) is 0 Å². The zero-order valence-corrected chi connectivity index (χ0v) is 13.1. The molecule has 2 N–H and O–H groups in total. The van der Waals surface area contributed by atoms with Gasteiger partial charge < -0.3 is 15.3 Å². The molecule has 3 rings (SSSR count). The fourth-order valence-electron chi connectivity index (χ4n) is 2.75. The van der Waals surface area contributed by atoms with E-state index in [4.69, 9.17) is 0 Å². The lowest BCUT2D eigenvalue weighted by Gasteiger charge is -2.35. The smallest absolute Gasteiger partial charge is 0.329 e. The van der Waals surface area contributed by atoms with Crippen molar-refractivity contribution in [2.45, 2.75) is 6.04 Å². The molecule has 1 aliphatic heterocycles. The number of nitrogens with one attached hydrogen (secondary N) is 1. The molecule has 0 radical (unpaired) electrons. The molecular weight excluding hydrogens is 306 g/mol. The number of para-hydroxylation sites is 2. The number of carboxylic acid groups (broad SMARTS) is 1. The van der Waals surface area contributed by atoms with Crippen LogP contribution in [0.1, 0.15) is 0 Å². The van der Waals surface area contributed by atoms with Crippen molar-refractivity contribution in [2.24, 2.45) is 0 Å². The van der Waals surface area contributed by atoms with E-state index in [1.54, 1.807) is 9.80 Å². The highest BCUT2D eigenvalue weighted by molar-refractivity contribution is 5.99. The van der Waals surface area contributed by atoms with E-state index in [0.717, 1.165) is 11.4 Å². The second kappa shape index (κ2) is 7.14. The largest absolute Gasteiger partial charge is 0.480 e. The lowest BCUT2D eigenvalue weighted by atomic mass is 10.2. The van der Waals surface area contributed by atoms with Crippen LogP contribution in [0.15, 0.2) is 60.7 Å². The predicted octanol–water partition coefficient (Wildman–Crippen LogP) is 2.30. The highest BCUT2D eigenvalue weighted by atomic mass is 16.4. The van der Waals surface area contributed by atoms with Gasteiger partial charge in [-0.2, -0.15) is 0 Å². The maximum absolute atomic E-state index is 13.1. The summed E-state index contributed by atoms with van der Waals surface area (Å²) in [6.45, 7) is 1.07. The maximum Gasteiger partial charge on any atom is 0.329 e. The summed E-state index contributed by atoms with van der Waals surface area (Å²) in [6, 6.07) is 17.8. The molecule has 0 saturated carbocycles. The van der Waals surface area contributed by atoms with Crippen LogP contribution in [0.4, 0.5) is 16.2 Å². The predicted molar refractivity (Wildman–Crippen MR) is 91.4 cm³/mol. The van der Waals surface area contributed by atoms with Crippen LogP contribution in [-0.4, -0.2) is 47.7 Å².